The molecule has 0 saturated carbocycles. The summed E-state index contributed by atoms with van der Waals surface area (Å²) in [5.74, 6) is 1.19. The van der Waals surface area contributed by atoms with Gasteiger partial charge in [-0.05, 0) is 31.5 Å². The Balaban J connectivity index is 2.43. The first-order valence-electron chi connectivity index (χ1n) is 6.40. The smallest absolute Gasteiger partial charge is 0.321 e. The van der Waals surface area contributed by atoms with Crippen molar-refractivity contribution in [3.63, 3.8) is 0 Å². The van der Waals surface area contributed by atoms with Crippen LogP contribution in [0.25, 0.3) is 0 Å². The van der Waals surface area contributed by atoms with Gasteiger partial charge in [0.05, 0.1) is 12.4 Å². The van der Waals surface area contributed by atoms with Crippen LogP contribution in [0.5, 0.6) is 5.75 Å². The number of rotatable bonds is 6. The summed E-state index contributed by atoms with van der Waals surface area (Å²) in [6, 6.07) is 7.24. The van der Waals surface area contributed by atoms with Gasteiger partial charge in [-0.2, -0.15) is 0 Å². The van der Waals surface area contributed by atoms with Gasteiger partial charge in [-0.1, -0.05) is 12.1 Å². The molecule has 0 spiro atoms. The minimum atomic E-state index is -0.452. The van der Waals surface area contributed by atoms with E-state index in [1.807, 2.05) is 24.3 Å². The molecule has 0 saturated heterocycles. The van der Waals surface area contributed by atoms with Crippen molar-refractivity contribution in [2.45, 2.75) is 24.9 Å². The molecule has 1 aromatic rings. The van der Waals surface area contributed by atoms with Crippen LogP contribution in [0.15, 0.2) is 24.3 Å². The zero-order valence-corrected chi connectivity index (χ0v) is 12.8. The molecular formula is C14H20N2O3S. The lowest BCUT2D eigenvalue weighted by Crippen LogP contribution is -2.42. The van der Waals surface area contributed by atoms with E-state index in [0.717, 1.165) is 11.3 Å². The Morgan fingerprint density at radius 3 is 2.80 bits per heavy atom. The molecule has 0 fully saturated rings. The highest BCUT2D eigenvalue weighted by Gasteiger charge is 2.15. The number of carbonyl (C=O) groups is 2. The molecule has 1 atom stereocenters. The second kappa shape index (κ2) is 8.47. The fourth-order valence-electron chi connectivity index (χ4n) is 1.48. The van der Waals surface area contributed by atoms with Crippen molar-refractivity contribution in [1.29, 1.82) is 0 Å². The molecule has 6 heteroatoms. The monoisotopic (exact) mass is 296 g/mol. The molecule has 0 aliphatic heterocycles. The van der Waals surface area contributed by atoms with Gasteiger partial charge < -0.3 is 10.1 Å². The molecule has 3 amide bonds. The number of thioether (sulfide) groups is 1. The van der Waals surface area contributed by atoms with Crippen molar-refractivity contribution in [2.75, 3.05) is 13.7 Å². The van der Waals surface area contributed by atoms with Gasteiger partial charge in [0.25, 0.3) is 0 Å². The maximum Gasteiger partial charge on any atom is 0.321 e. The molecule has 20 heavy (non-hydrogen) atoms. The highest BCUT2D eigenvalue weighted by atomic mass is 32.2. The van der Waals surface area contributed by atoms with Crippen LogP contribution in [0.1, 0.15) is 19.4 Å². The summed E-state index contributed by atoms with van der Waals surface area (Å²) in [6.07, 6.45) is 0. The van der Waals surface area contributed by atoms with Crippen LogP contribution in [0.4, 0.5) is 4.79 Å². The predicted octanol–water partition coefficient (Wildman–Crippen LogP) is 2.16. The van der Waals surface area contributed by atoms with Gasteiger partial charge in [0.1, 0.15) is 5.75 Å². The first kappa shape index (κ1) is 16.4. The standard InChI is InChI=1S/C14H20N2O3S/c1-4-15-14(18)16-13(17)10(2)20-9-11-6-5-7-12(8-11)19-3/h5-8,10H,4,9H2,1-3H3,(H2,15,16,17,18)/t10-/m0/s1. The van der Waals surface area contributed by atoms with E-state index >= 15 is 0 Å². The predicted molar refractivity (Wildman–Crippen MR) is 81.0 cm³/mol. The summed E-state index contributed by atoms with van der Waals surface area (Å²) in [5, 5.41) is 4.53. The number of hydrogen-bond donors (Lipinski definition) is 2. The Kier molecular flexibility index (Phi) is 6.93. The first-order valence-corrected chi connectivity index (χ1v) is 7.45. The summed E-state index contributed by atoms with van der Waals surface area (Å²) < 4.78 is 5.15. The summed E-state index contributed by atoms with van der Waals surface area (Å²) in [6.45, 7) is 4.06. The number of hydrogen-bond acceptors (Lipinski definition) is 4. The third-order valence-electron chi connectivity index (χ3n) is 2.58. The second-order valence-corrected chi connectivity index (χ2v) is 5.48. The number of benzene rings is 1. The second-order valence-electron chi connectivity index (χ2n) is 4.15. The molecule has 0 radical (unpaired) electrons. The van der Waals surface area contributed by atoms with Gasteiger partial charge in [0, 0.05) is 12.3 Å². The number of ether oxygens (including phenoxy) is 1. The summed E-state index contributed by atoms with van der Waals surface area (Å²) in [7, 11) is 1.62. The lowest BCUT2D eigenvalue weighted by atomic mass is 10.2. The summed E-state index contributed by atoms with van der Waals surface area (Å²) >= 11 is 1.47. The van der Waals surface area contributed by atoms with Gasteiger partial charge >= 0.3 is 6.03 Å². The average molecular weight is 296 g/mol. The maximum atomic E-state index is 11.8. The van der Waals surface area contributed by atoms with Crippen molar-refractivity contribution in [1.82, 2.24) is 10.6 Å². The quantitative estimate of drug-likeness (QED) is 0.844. The van der Waals surface area contributed by atoms with Crippen molar-refractivity contribution in [3.05, 3.63) is 29.8 Å². The Labute approximate surface area is 123 Å². The number of carbonyl (C=O) groups excluding carboxylic acids is 2. The van der Waals surface area contributed by atoms with E-state index < -0.39 is 6.03 Å². The van der Waals surface area contributed by atoms with E-state index in [0.29, 0.717) is 12.3 Å². The molecular weight excluding hydrogens is 276 g/mol. The van der Waals surface area contributed by atoms with Crippen LogP contribution in [-0.2, 0) is 10.5 Å². The fraction of sp³-hybridized carbons (Fsp3) is 0.429. The van der Waals surface area contributed by atoms with E-state index in [1.165, 1.54) is 11.8 Å². The number of methoxy groups -OCH3 is 1. The van der Waals surface area contributed by atoms with Gasteiger partial charge in [0.2, 0.25) is 5.91 Å². The molecule has 1 rings (SSSR count). The Morgan fingerprint density at radius 2 is 2.15 bits per heavy atom. The molecule has 110 valence electrons. The van der Waals surface area contributed by atoms with E-state index in [9.17, 15) is 9.59 Å². The zero-order valence-electron chi connectivity index (χ0n) is 11.9. The van der Waals surface area contributed by atoms with Crippen LogP contribution < -0.4 is 15.4 Å². The third-order valence-corrected chi connectivity index (χ3v) is 3.79. The minimum Gasteiger partial charge on any atom is -0.497 e. The molecule has 0 aliphatic carbocycles. The van der Waals surface area contributed by atoms with E-state index in [1.54, 1.807) is 21.0 Å². The molecule has 0 aliphatic rings. The molecule has 0 unspecified atom stereocenters. The van der Waals surface area contributed by atoms with Gasteiger partial charge in [-0.25, -0.2) is 4.79 Å². The van der Waals surface area contributed by atoms with Crippen molar-refractivity contribution in [2.24, 2.45) is 0 Å². The summed E-state index contributed by atoms with van der Waals surface area (Å²) in [5.41, 5.74) is 1.08. The van der Waals surface area contributed by atoms with Crippen molar-refractivity contribution >= 4 is 23.7 Å². The van der Waals surface area contributed by atoms with E-state index in [2.05, 4.69) is 10.6 Å². The Morgan fingerprint density at radius 1 is 1.40 bits per heavy atom. The molecule has 1 aromatic carbocycles. The first-order chi connectivity index (χ1) is 9.56. The number of amides is 3. The van der Waals surface area contributed by atoms with Crippen LogP contribution in [0, 0.1) is 0 Å². The topological polar surface area (TPSA) is 67.4 Å². The van der Waals surface area contributed by atoms with Crippen LogP contribution in [0.3, 0.4) is 0 Å². The third kappa shape index (κ3) is 5.52. The van der Waals surface area contributed by atoms with Crippen LogP contribution in [-0.4, -0.2) is 30.8 Å². The Bertz CT molecular complexity index is 465. The Hall–Kier alpha value is -1.69. The highest BCUT2D eigenvalue weighted by Crippen LogP contribution is 2.21. The maximum absolute atomic E-state index is 11.8. The normalized spacial score (nSPS) is 11.6. The lowest BCUT2D eigenvalue weighted by molar-refractivity contribution is -0.119. The van der Waals surface area contributed by atoms with Gasteiger partial charge in [-0.15, -0.1) is 11.8 Å². The van der Waals surface area contributed by atoms with Gasteiger partial charge in [0.15, 0.2) is 0 Å². The largest absolute Gasteiger partial charge is 0.497 e. The average Bonchev–Trinajstić information content (AvgIpc) is 2.45. The van der Waals surface area contributed by atoms with E-state index in [-0.39, 0.29) is 11.2 Å². The van der Waals surface area contributed by atoms with E-state index in [4.69, 9.17) is 4.74 Å². The van der Waals surface area contributed by atoms with Crippen LogP contribution in [0.2, 0.25) is 0 Å². The van der Waals surface area contributed by atoms with Crippen molar-refractivity contribution in [3.8, 4) is 5.75 Å². The molecule has 5 nitrogen and oxygen atoms in total. The number of urea groups is 1. The lowest BCUT2D eigenvalue weighted by Gasteiger charge is -2.11. The highest BCUT2D eigenvalue weighted by molar-refractivity contribution is 7.99. The van der Waals surface area contributed by atoms with Gasteiger partial charge in [-0.3, -0.25) is 10.1 Å². The minimum absolute atomic E-state index is 0.288. The van der Waals surface area contributed by atoms with Crippen molar-refractivity contribution < 1.29 is 14.3 Å². The SMILES string of the molecule is CCNC(=O)NC(=O)[C@H](C)SCc1cccc(OC)c1. The molecule has 0 heterocycles. The molecule has 0 aromatic heterocycles. The fourth-order valence-corrected chi connectivity index (χ4v) is 2.31. The summed E-state index contributed by atoms with van der Waals surface area (Å²) in [4.78, 5) is 23.0. The molecule has 0 bridgehead atoms. The van der Waals surface area contributed by atoms with Crippen LogP contribution >= 0.6 is 11.8 Å². The molecule has 2 N–H and O–H groups in total. The number of imide groups is 1. The number of nitrogens with one attached hydrogen (secondary N) is 2. The zero-order chi connectivity index (χ0) is 15.0.